The van der Waals surface area contributed by atoms with E-state index < -0.39 is 0 Å². The molecule has 0 amide bonds. The van der Waals surface area contributed by atoms with Crippen molar-refractivity contribution >= 4 is 39.2 Å². The molecule has 0 spiro atoms. The van der Waals surface area contributed by atoms with Crippen molar-refractivity contribution in [1.82, 2.24) is 9.97 Å². The van der Waals surface area contributed by atoms with Crippen LogP contribution in [0.5, 0.6) is 5.75 Å². The van der Waals surface area contributed by atoms with E-state index in [1.165, 1.54) is 6.33 Å². The molecule has 2 aromatic rings. The predicted octanol–water partition coefficient (Wildman–Crippen LogP) is 3.55. The highest BCUT2D eigenvalue weighted by atomic mass is 79.9. The maximum absolute atomic E-state index is 6.20. The quantitative estimate of drug-likeness (QED) is 0.857. The van der Waals surface area contributed by atoms with Crippen molar-refractivity contribution < 1.29 is 4.74 Å². The number of rotatable bonds is 5. The molecule has 0 fully saturated rings. The molecule has 1 aromatic carbocycles. The highest BCUT2D eigenvalue weighted by Gasteiger charge is 2.10. The molecule has 0 aliphatic carbocycles. The molecule has 0 aliphatic rings. The maximum atomic E-state index is 6.20. The Hall–Kier alpha value is -1.53. The van der Waals surface area contributed by atoms with Crippen LogP contribution in [-0.2, 0) is 6.54 Å². The summed E-state index contributed by atoms with van der Waals surface area (Å²) in [4.78, 5) is 8.30. The van der Waals surface area contributed by atoms with Crippen molar-refractivity contribution in [3.05, 3.63) is 39.6 Å². The van der Waals surface area contributed by atoms with Gasteiger partial charge in [0.15, 0.2) is 0 Å². The summed E-state index contributed by atoms with van der Waals surface area (Å²) in [6.07, 6.45) is 1.49. The van der Waals surface area contributed by atoms with Gasteiger partial charge in [-0.25, -0.2) is 9.97 Å². The summed E-state index contributed by atoms with van der Waals surface area (Å²) in [6.45, 7) is 0.502. The SMILES string of the molecule is CNc1ncnc(NCc2c(Cl)cccc2OC)c1Br. The standard InChI is InChI=1S/C13H14BrClN4O/c1-16-12-11(14)13(19-7-18-12)17-6-8-9(15)4-3-5-10(8)20-2/h3-5,7H,6H2,1-2H3,(H2,16,17,18,19). The van der Waals surface area contributed by atoms with Gasteiger partial charge >= 0.3 is 0 Å². The number of aromatic nitrogens is 2. The van der Waals surface area contributed by atoms with E-state index >= 15 is 0 Å². The van der Waals surface area contributed by atoms with Crippen LogP contribution in [0.1, 0.15) is 5.56 Å². The minimum absolute atomic E-state index is 0.502. The molecule has 0 aliphatic heterocycles. The predicted molar refractivity (Wildman–Crippen MR) is 84.6 cm³/mol. The summed E-state index contributed by atoms with van der Waals surface area (Å²) in [5.41, 5.74) is 0.883. The molecular formula is C13H14BrClN4O. The van der Waals surface area contributed by atoms with Crippen LogP contribution in [0.2, 0.25) is 5.02 Å². The Morgan fingerprint density at radius 3 is 2.75 bits per heavy atom. The van der Waals surface area contributed by atoms with E-state index in [1.54, 1.807) is 14.2 Å². The molecule has 1 heterocycles. The van der Waals surface area contributed by atoms with Gasteiger partial charge in [-0.15, -0.1) is 0 Å². The Labute approximate surface area is 130 Å². The molecule has 0 unspecified atom stereocenters. The van der Waals surface area contributed by atoms with E-state index in [2.05, 4.69) is 36.5 Å². The van der Waals surface area contributed by atoms with Crippen molar-refractivity contribution in [3.8, 4) is 5.75 Å². The molecule has 0 radical (unpaired) electrons. The highest BCUT2D eigenvalue weighted by Crippen LogP contribution is 2.30. The number of anilines is 2. The topological polar surface area (TPSA) is 59.1 Å². The summed E-state index contributed by atoms with van der Waals surface area (Å²) in [6, 6.07) is 5.55. The average Bonchev–Trinajstić information content (AvgIpc) is 2.47. The summed E-state index contributed by atoms with van der Waals surface area (Å²) >= 11 is 9.65. The first-order chi connectivity index (χ1) is 9.67. The second-order valence-electron chi connectivity index (χ2n) is 3.91. The van der Waals surface area contributed by atoms with E-state index in [9.17, 15) is 0 Å². The third-order valence-corrected chi connectivity index (χ3v) is 3.86. The second-order valence-corrected chi connectivity index (χ2v) is 5.11. The molecule has 7 heteroatoms. The molecule has 20 heavy (non-hydrogen) atoms. The Kier molecular flexibility index (Phi) is 5.03. The number of hydrogen-bond acceptors (Lipinski definition) is 5. The molecule has 0 atom stereocenters. The van der Waals surface area contributed by atoms with Crippen molar-refractivity contribution in [1.29, 1.82) is 0 Å². The van der Waals surface area contributed by atoms with Gasteiger partial charge in [-0.3, -0.25) is 0 Å². The van der Waals surface area contributed by atoms with Crippen LogP contribution in [0, 0.1) is 0 Å². The zero-order valence-electron chi connectivity index (χ0n) is 11.1. The van der Waals surface area contributed by atoms with Crippen molar-refractivity contribution in [2.24, 2.45) is 0 Å². The largest absolute Gasteiger partial charge is 0.496 e. The molecule has 0 bridgehead atoms. The Morgan fingerprint density at radius 1 is 1.30 bits per heavy atom. The third kappa shape index (κ3) is 3.13. The van der Waals surface area contributed by atoms with Crippen LogP contribution < -0.4 is 15.4 Å². The lowest BCUT2D eigenvalue weighted by Crippen LogP contribution is -2.06. The molecule has 0 saturated carbocycles. The summed E-state index contributed by atoms with van der Waals surface area (Å²) in [7, 11) is 3.42. The zero-order valence-corrected chi connectivity index (χ0v) is 13.4. The normalized spacial score (nSPS) is 10.2. The minimum Gasteiger partial charge on any atom is -0.496 e. The second kappa shape index (κ2) is 6.76. The molecule has 5 nitrogen and oxygen atoms in total. The van der Waals surface area contributed by atoms with E-state index in [1.807, 2.05) is 18.2 Å². The summed E-state index contributed by atoms with van der Waals surface area (Å²) in [5, 5.41) is 6.85. The van der Waals surface area contributed by atoms with E-state index in [0.29, 0.717) is 23.2 Å². The zero-order chi connectivity index (χ0) is 14.5. The molecule has 0 saturated heterocycles. The van der Waals surface area contributed by atoms with Gasteiger partial charge < -0.3 is 15.4 Å². The van der Waals surface area contributed by atoms with Crippen molar-refractivity contribution in [2.75, 3.05) is 24.8 Å². The van der Waals surface area contributed by atoms with Crippen molar-refractivity contribution in [2.45, 2.75) is 6.54 Å². The van der Waals surface area contributed by atoms with Crippen LogP contribution >= 0.6 is 27.5 Å². The molecule has 2 rings (SSSR count). The number of hydrogen-bond donors (Lipinski definition) is 2. The number of halogens is 2. The molecular weight excluding hydrogens is 344 g/mol. The molecule has 2 N–H and O–H groups in total. The third-order valence-electron chi connectivity index (χ3n) is 2.75. The first-order valence-electron chi connectivity index (χ1n) is 5.91. The van der Waals surface area contributed by atoms with Crippen LogP contribution in [0.25, 0.3) is 0 Å². The van der Waals surface area contributed by atoms with E-state index in [0.717, 1.165) is 15.8 Å². The lowest BCUT2D eigenvalue weighted by molar-refractivity contribution is 0.410. The van der Waals surface area contributed by atoms with Gasteiger partial charge in [-0.2, -0.15) is 0 Å². The Balaban J connectivity index is 2.21. The van der Waals surface area contributed by atoms with Crippen LogP contribution in [0.15, 0.2) is 29.0 Å². The first-order valence-corrected chi connectivity index (χ1v) is 7.08. The van der Waals surface area contributed by atoms with Gasteiger partial charge in [0.05, 0.1) is 7.11 Å². The fourth-order valence-corrected chi connectivity index (χ4v) is 2.52. The van der Waals surface area contributed by atoms with Crippen LogP contribution in [0.4, 0.5) is 11.6 Å². The fourth-order valence-electron chi connectivity index (χ4n) is 1.74. The van der Waals surface area contributed by atoms with Crippen molar-refractivity contribution in [3.63, 3.8) is 0 Å². The number of nitrogens with zero attached hydrogens (tertiary/aromatic N) is 2. The fraction of sp³-hybridized carbons (Fsp3) is 0.231. The highest BCUT2D eigenvalue weighted by molar-refractivity contribution is 9.10. The average molecular weight is 358 g/mol. The summed E-state index contributed by atoms with van der Waals surface area (Å²) < 4.78 is 6.08. The van der Waals surface area contributed by atoms with Gasteiger partial charge in [0, 0.05) is 24.2 Å². The van der Waals surface area contributed by atoms with Gasteiger partial charge in [0.2, 0.25) is 0 Å². The maximum Gasteiger partial charge on any atom is 0.146 e. The van der Waals surface area contributed by atoms with Crippen LogP contribution in [0.3, 0.4) is 0 Å². The van der Waals surface area contributed by atoms with Gasteiger partial charge in [-0.1, -0.05) is 17.7 Å². The number of benzene rings is 1. The number of nitrogens with one attached hydrogen (secondary N) is 2. The molecule has 106 valence electrons. The lowest BCUT2D eigenvalue weighted by Gasteiger charge is -2.13. The minimum atomic E-state index is 0.502. The van der Waals surface area contributed by atoms with E-state index in [4.69, 9.17) is 16.3 Å². The van der Waals surface area contributed by atoms with E-state index in [-0.39, 0.29) is 0 Å². The molecule has 1 aromatic heterocycles. The Bertz CT molecular complexity index is 609. The number of ether oxygens (including phenoxy) is 1. The van der Waals surface area contributed by atoms with Gasteiger partial charge in [0.25, 0.3) is 0 Å². The first kappa shape index (κ1) is 14.9. The van der Waals surface area contributed by atoms with Crippen LogP contribution in [-0.4, -0.2) is 24.1 Å². The van der Waals surface area contributed by atoms with Gasteiger partial charge in [0.1, 0.15) is 28.2 Å². The Morgan fingerprint density at radius 2 is 2.05 bits per heavy atom. The number of methoxy groups -OCH3 is 1. The smallest absolute Gasteiger partial charge is 0.146 e. The lowest BCUT2D eigenvalue weighted by atomic mass is 10.2. The van der Waals surface area contributed by atoms with Gasteiger partial charge in [-0.05, 0) is 28.1 Å². The monoisotopic (exact) mass is 356 g/mol. The summed E-state index contributed by atoms with van der Waals surface area (Å²) in [5.74, 6) is 2.14.